The Balaban J connectivity index is 0.974. The van der Waals surface area contributed by atoms with E-state index in [1.165, 1.54) is 51.4 Å². The van der Waals surface area contributed by atoms with Gasteiger partial charge >= 0.3 is 0 Å². The van der Waals surface area contributed by atoms with E-state index < -0.39 is 0 Å². The third kappa shape index (κ3) is 6.09. The molecule has 210 valence electrons. The van der Waals surface area contributed by atoms with Gasteiger partial charge in [-0.15, -0.1) is 0 Å². The number of hydrogen-bond donors (Lipinski definition) is 0. The van der Waals surface area contributed by atoms with E-state index in [1.807, 2.05) is 0 Å². The number of allylic oxidation sites excluding steroid dienone is 1. The van der Waals surface area contributed by atoms with Crippen molar-refractivity contribution in [2.24, 2.45) is 71.0 Å². The van der Waals surface area contributed by atoms with E-state index in [9.17, 15) is 0 Å². The van der Waals surface area contributed by atoms with Gasteiger partial charge in [0.15, 0.2) is 0 Å². The van der Waals surface area contributed by atoms with Crippen LogP contribution in [0.4, 0.5) is 0 Å². The summed E-state index contributed by atoms with van der Waals surface area (Å²) in [6, 6.07) is 0. The highest BCUT2D eigenvalue weighted by atomic mass is 14.5. The monoisotopic (exact) mass is 506 g/mol. The smallest absolute Gasteiger partial charge is 0.0154 e. The molecular weight excluding hydrogens is 444 g/mol. The molecule has 6 saturated carbocycles. The molecule has 8 unspecified atom stereocenters. The van der Waals surface area contributed by atoms with Crippen LogP contribution >= 0.6 is 0 Å². The van der Waals surface area contributed by atoms with Crippen LogP contribution in [0.5, 0.6) is 0 Å². The summed E-state index contributed by atoms with van der Waals surface area (Å²) in [7, 11) is 0. The Hall–Kier alpha value is -0.260. The third-order valence-corrected chi connectivity index (χ3v) is 13.9. The van der Waals surface area contributed by atoms with Crippen LogP contribution in [0.15, 0.2) is 12.2 Å². The largest absolute Gasteiger partial charge is 0.0996 e. The molecule has 6 rings (SSSR count). The van der Waals surface area contributed by atoms with E-state index in [1.54, 1.807) is 89.0 Å². The Labute approximate surface area is 231 Å². The van der Waals surface area contributed by atoms with Crippen molar-refractivity contribution in [3.63, 3.8) is 0 Å². The first-order valence-electron chi connectivity index (χ1n) is 17.7. The summed E-state index contributed by atoms with van der Waals surface area (Å²) in [5.41, 5.74) is 1.66. The third-order valence-electron chi connectivity index (χ3n) is 13.9. The Morgan fingerprint density at radius 1 is 0.541 bits per heavy atom. The minimum atomic E-state index is 0.815. The Kier molecular flexibility index (Phi) is 8.80. The van der Waals surface area contributed by atoms with E-state index in [4.69, 9.17) is 6.58 Å². The molecule has 0 heteroatoms. The SMILES string of the molecule is C=C(CC1CCCC1C1CC2CCC(CC3CCC(C4CCCC4)CC3)CC2C1)C1C(C)CCCC1C. The summed E-state index contributed by atoms with van der Waals surface area (Å²) < 4.78 is 0. The Bertz CT molecular complexity index is 725. The number of fused-ring (bicyclic) bond motifs is 1. The second-order valence-corrected chi connectivity index (χ2v) is 16.1. The van der Waals surface area contributed by atoms with Crippen LogP contribution in [0.25, 0.3) is 0 Å². The van der Waals surface area contributed by atoms with Gasteiger partial charge < -0.3 is 0 Å². The molecule has 0 saturated heterocycles. The van der Waals surface area contributed by atoms with Gasteiger partial charge in [-0.1, -0.05) is 96.6 Å². The second kappa shape index (κ2) is 12.1. The zero-order valence-electron chi connectivity index (χ0n) is 25.0. The van der Waals surface area contributed by atoms with Crippen molar-refractivity contribution >= 4 is 0 Å². The molecule has 0 heterocycles. The van der Waals surface area contributed by atoms with E-state index in [0.717, 1.165) is 71.0 Å². The van der Waals surface area contributed by atoms with Crippen LogP contribution in [0.1, 0.15) is 149 Å². The van der Waals surface area contributed by atoms with Crippen molar-refractivity contribution in [3.05, 3.63) is 12.2 Å². The van der Waals surface area contributed by atoms with Gasteiger partial charge in [0.1, 0.15) is 0 Å². The first-order valence-corrected chi connectivity index (χ1v) is 17.7. The molecule has 6 aliphatic carbocycles. The topological polar surface area (TPSA) is 0 Å². The lowest BCUT2D eigenvalue weighted by Gasteiger charge is -2.38. The van der Waals surface area contributed by atoms with Crippen molar-refractivity contribution in [3.8, 4) is 0 Å². The van der Waals surface area contributed by atoms with Gasteiger partial charge in [0.2, 0.25) is 0 Å². The fourth-order valence-corrected chi connectivity index (χ4v) is 12.2. The van der Waals surface area contributed by atoms with E-state index in [0.29, 0.717) is 0 Å². The maximum atomic E-state index is 4.77. The van der Waals surface area contributed by atoms with E-state index >= 15 is 0 Å². The van der Waals surface area contributed by atoms with Crippen molar-refractivity contribution in [2.45, 2.75) is 149 Å². The van der Waals surface area contributed by atoms with Crippen LogP contribution in [-0.4, -0.2) is 0 Å². The van der Waals surface area contributed by atoms with Gasteiger partial charge in [-0.05, 0) is 135 Å². The zero-order valence-corrected chi connectivity index (χ0v) is 25.0. The summed E-state index contributed by atoms with van der Waals surface area (Å²) in [4.78, 5) is 0. The van der Waals surface area contributed by atoms with E-state index in [2.05, 4.69) is 13.8 Å². The fourth-order valence-electron chi connectivity index (χ4n) is 12.2. The highest BCUT2D eigenvalue weighted by Crippen LogP contribution is 2.55. The molecule has 8 atom stereocenters. The summed E-state index contributed by atoms with van der Waals surface area (Å²) in [5, 5.41) is 0. The number of hydrogen-bond acceptors (Lipinski definition) is 0. The molecule has 0 aromatic heterocycles. The first kappa shape index (κ1) is 26.9. The molecule has 0 amide bonds. The lowest BCUT2D eigenvalue weighted by Crippen LogP contribution is -2.28. The molecule has 0 radical (unpaired) electrons. The number of rotatable bonds is 7. The second-order valence-electron chi connectivity index (χ2n) is 16.1. The molecule has 6 fully saturated rings. The standard InChI is InChI=1S/C37H62/c1-25-8-6-9-26(2)37(25)27(3)20-33-12-7-13-36(33)35-23-32-19-16-29(22-34(32)24-35)21-28-14-17-31(18-15-28)30-10-4-5-11-30/h25-26,28-37H,3-24H2,1-2H3. The summed E-state index contributed by atoms with van der Waals surface area (Å²) in [6.45, 7) is 9.82. The quantitative estimate of drug-likeness (QED) is 0.301. The molecule has 0 aliphatic heterocycles. The molecular formula is C37H62. The Morgan fingerprint density at radius 2 is 1.16 bits per heavy atom. The normalized spacial score (nSPS) is 47.2. The highest BCUT2D eigenvalue weighted by molar-refractivity contribution is 5.08. The first-order chi connectivity index (χ1) is 18.0. The lowest BCUT2D eigenvalue weighted by molar-refractivity contribution is 0.144. The maximum absolute atomic E-state index is 4.77. The van der Waals surface area contributed by atoms with Gasteiger partial charge in [-0.3, -0.25) is 0 Å². The molecule has 37 heavy (non-hydrogen) atoms. The predicted molar refractivity (Wildman–Crippen MR) is 159 cm³/mol. The minimum absolute atomic E-state index is 0.815. The van der Waals surface area contributed by atoms with Gasteiger partial charge in [0.05, 0.1) is 0 Å². The molecule has 0 aromatic rings. The fraction of sp³-hybridized carbons (Fsp3) is 0.946. The summed E-state index contributed by atoms with van der Waals surface area (Å²) in [6.07, 6.45) is 32.4. The Morgan fingerprint density at radius 3 is 1.92 bits per heavy atom. The molecule has 0 spiro atoms. The van der Waals surface area contributed by atoms with Crippen molar-refractivity contribution in [1.29, 1.82) is 0 Å². The van der Waals surface area contributed by atoms with Crippen LogP contribution in [-0.2, 0) is 0 Å². The van der Waals surface area contributed by atoms with E-state index in [-0.39, 0.29) is 0 Å². The molecule has 0 aromatic carbocycles. The minimum Gasteiger partial charge on any atom is -0.0996 e. The van der Waals surface area contributed by atoms with Crippen LogP contribution < -0.4 is 0 Å². The van der Waals surface area contributed by atoms with Crippen LogP contribution in [0.2, 0.25) is 0 Å². The molecule has 0 N–H and O–H groups in total. The average molecular weight is 507 g/mol. The van der Waals surface area contributed by atoms with Crippen LogP contribution in [0.3, 0.4) is 0 Å². The van der Waals surface area contributed by atoms with Crippen molar-refractivity contribution in [1.82, 2.24) is 0 Å². The van der Waals surface area contributed by atoms with Gasteiger partial charge in [0.25, 0.3) is 0 Å². The van der Waals surface area contributed by atoms with Crippen molar-refractivity contribution < 1.29 is 0 Å². The average Bonchev–Trinajstić information content (AvgIpc) is 3.65. The van der Waals surface area contributed by atoms with Gasteiger partial charge in [-0.2, -0.15) is 0 Å². The molecule has 6 aliphatic rings. The molecule has 0 nitrogen and oxygen atoms in total. The zero-order chi connectivity index (χ0) is 25.4. The highest BCUT2D eigenvalue weighted by Gasteiger charge is 2.45. The molecule has 0 bridgehead atoms. The lowest BCUT2D eigenvalue weighted by atomic mass is 9.68. The van der Waals surface area contributed by atoms with Crippen molar-refractivity contribution in [2.75, 3.05) is 0 Å². The summed E-state index contributed by atoms with van der Waals surface area (Å²) >= 11 is 0. The summed E-state index contributed by atoms with van der Waals surface area (Å²) in [5.74, 6) is 12.3. The van der Waals surface area contributed by atoms with Gasteiger partial charge in [0, 0.05) is 0 Å². The predicted octanol–water partition coefficient (Wildman–Crippen LogP) is 11.3. The van der Waals surface area contributed by atoms with Crippen LogP contribution in [0, 0.1) is 71.0 Å². The van der Waals surface area contributed by atoms with Gasteiger partial charge in [-0.25, -0.2) is 0 Å². The maximum Gasteiger partial charge on any atom is -0.0154 e.